The van der Waals surface area contributed by atoms with E-state index in [0.29, 0.717) is 35.2 Å². The maximum Gasteiger partial charge on any atom is 0.327 e. The molecule has 0 atom stereocenters. The number of rotatable bonds is 6. The zero-order valence-electron chi connectivity index (χ0n) is 15.9. The van der Waals surface area contributed by atoms with E-state index in [2.05, 4.69) is 10.3 Å². The standard InChI is InChI=1S/C22H22ClN3O2/c1-16-8-7-14-24-21(16)26(19-11-5-6-12-20(19)28-2)22(27)25-15-13-17-9-3-4-10-18(17)23/h3-12,14H,13,15H2,1-2H3,(H,25,27). The third-order valence-electron chi connectivity index (χ3n) is 4.35. The Bertz CT molecular complexity index is 962. The predicted molar refractivity (Wildman–Crippen MR) is 113 cm³/mol. The van der Waals surface area contributed by atoms with E-state index >= 15 is 0 Å². The number of para-hydroxylation sites is 2. The summed E-state index contributed by atoms with van der Waals surface area (Å²) in [6.45, 7) is 2.36. The molecular weight excluding hydrogens is 374 g/mol. The van der Waals surface area contributed by atoms with Crippen LogP contribution in [0.1, 0.15) is 11.1 Å². The predicted octanol–water partition coefficient (Wildman–Crippen LogP) is 5.14. The number of urea groups is 1. The second-order valence-corrected chi connectivity index (χ2v) is 6.63. The first-order valence-corrected chi connectivity index (χ1v) is 9.35. The first-order valence-electron chi connectivity index (χ1n) is 8.98. The molecule has 3 aromatic rings. The molecule has 2 aromatic carbocycles. The Morgan fingerprint density at radius 1 is 1.11 bits per heavy atom. The van der Waals surface area contributed by atoms with Gasteiger partial charge >= 0.3 is 6.03 Å². The summed E-state index contributed by atoms with van der Waals surface area (Å²) in [7, 11) is 1.58. The van der Waals surface area contributed by atoms with Gasteiger partial charge in [-0.1, -0.05) is 48.0 Å². The molecule has 144 valence electrons. The Morgan fingerprint density at radius 2 is 1.86 bits per heavy atom. The van der Waals surface area contributed by atoms with Crippen LogP contribution in [0.3, 0.4) is 0 Å². The number of carbonyl (C=O) groups is 1. The van der Waals surface area contributed by atoms with Crippen molar-refractivity contribution in [2.24, 2.45) is 0 Å². The van der Waals surface area contributed by atoms with Gasteiger partial charge in [-0.15, -0.1) is 0 Å². The summed E-state index contributed by atoms with van der Waals surface area (Å²) in [4.78, 5) is 19.1. The minimum absolute atomic E-state index is 0.279. The Morgan fingerprint density at radius 3 is 2.61 bits per heavy atom. The van der Waals surface area contributed by atoms with Crippen LogP contribution in [0.5, 0.6) is 5.75 Å². The number of amides is 2. The average Bonchev–Trinajstić information content (AvgIpc) is 2.71. The molecule has 0 aliphatic heterocycles. The van der Waals surface area contributed by atoms with Crippen LogP contribution in [-0.4, -0.2) is 24.7 Å². The van der Waals surface area contributed by atoms with Gasteiger partial charge in [-0.2, -0.15) is 0 Å². The third-order valence-corrected chi connectivity index (χ3v) is 4.72. The smallest absolute Gasteiger partial charge is 0.327 e. The number of anilines is 2. The Hall–Kier alpha value is -3.05. The number of hydrogen-bond acceptors (Lipinski definition) is 3. The first-order chi connectivity index (χ1) is 13.6. The summed E-state index contributed by atoms with van der Waals surface area (Å²) in [5, 5.41) is 3.66. The zero-order valence-corrected chi connectivity index (χ0v) is 16.6. The number of ether oxygens (including phenoxy) is 1. The Labute approximate surface area is 169 Å². The van der Waals surface area contributed by atoms with Gasteiger partial charge in [0.1, 0.15) is 11.6 Å². The van der Waals surface area contributed by atoms with Crippen molar-refractivity contribution in [2.75, 3.05) is 18.6 Å². The van der Waals surface area contributed by atoms with E-state index < -0.39 is 0 Å². The van der Waals surface area contributed by atoms with Gasteiger partial charge in [0.05, 0.1) is 12.8 Å². The molecule has 0 fully saturated rings. The van der Waals surface area contributed by atoms with Gasteiger partial charge in [0.2, 0.25) is 0 Å². The molecule has 5 nitrogen and oxygen atoms in total. The molecule has 1 N–H and O–H groups in total. The molecule has 0 aliphatic rings. The van der Waals surface area contributed by atoms with E-state index in [1.165, 1.54) is 0 Å². The molecule has 2 amide bonds. The monoisotopic (exact) mass is 395 g/mol. The van der Waals surface area contributed by atoms with Crippen LogP contribution in [0.15, 0.2) is 66.9 Å². The van der Waals surface area contributed by atoms with Gasteiger partial charge < -0.3 is 10.1 Å². The molecule has 0 unspecified atom stereocenters. The largest absolute Gasteiger partial charge is 0.495 e. The summed E-state index contributed by atoms with van der Waals surface area (Å²) < 4.78 is 5.46. The molecule has 28 heavy (non-hydrogen) atoms. The van der Waals surface area contributed by atoms with Crippen LogP contribution < -0.4 is 15.0 Å². The maximum atomic E-state index is 13.1. The highest BCUT2D eigenvalue weighted by Crippen LogP contribution is 2.34. The van der Waals surface area contributed by atoms with E-state index in [-0.39, 0.29) is 6.03 Å². The number of pyridine rings is 1. The molecule has 6 heteroatoms. The lowest BCUT2D eigenvalue weighted by Crippen LogP contribution is -2.38. The number of methoxy groups -OCH3 is 1. The van der Waals surface area contributed by atoms with Crippen LogP contribution in [0, 0.1) is 6.92 Å². The molecule has 0 saturated carbocycles. The SMILES string of the molecule is COc1ccccc1N(C(=O)NCCc1ccccc1Cl)c1ncccc1C. The molecule has 1 heterocycles. The van der Waals surface area contributed by atoms with Gasteiger partial charge in [-0.05, 0) is 48.7 Å². The van der Waals surface area contributed by atoms with Crippen molar-refractivity contribution in [1.82, 2.24) is 10.3 Å². The van der Waals surface area contributed by atoms with Crippen LogP contribution >= 0.6 is 11.6 Å². The average molecular weight is 396 g/mol. The molecule has 0 spiro atoms. The number of aromatic nitrogens is 1. The molecule has 3 rings (SSSR count). The molecule has 0 radical (unpaired) electrons. The fourth-order valence-electron chi connectivity index (χ4n) is 2.93. The lowest BCUT2D eigenvalue weighted by Gasteiger charge is -2.25. The number of aryl methyl sites for hydroxylation is 1. The van der Waals surface area contributed by atoms with Gasteiger partial charge in [-0.3, -0.25) is 0 Å². The summed E-state index contributed by atoms with van der Waals surface area (Å²) in [5.74, 6) is 1.15. The Balaban J connectivity index is 1.85. The fourth-order valence-corrected chi connectivity index (χ4v) is 3.16. The van der Waals surface area contributed by atoms with E-state index in [9.17, 15) is 4.79 Å². The molecule has 0 saturated heterocycles. The topological polar surface area (TPSA) is 54.5 Å². The highest BCUT2D eigenvalue weighted by atomic mass is 35.5. The molecule has 1 aromatic heterocycles. The van der Waals surface area contributed by atoms with Gasteiger partial charge in [0.15, 0.2) is 0 Å². The van der Waals surface area contributed by atoms with E-state index in [0.717, 1.165) is 11.1 Å². The second kappa shape index (κ2) is 9.24. The van der Waals surface area contributed by atoms with E-state index in [1.54, 1.807) is 18.2 Å². The lowest BCUT2D eigenvalue weighted by molar-refractivity contribution is 0.248. The summed E-state index contributed by atoms with van der Waals surface area (Å²) in [6.07, 6.45) is 2.30. The normalized spacial score (nSPS) is 10.4. The lowest BCUT2D eigenvalue weighted by atomic mass is 10.1. The molecule has 0 bridgehead atoms. The number of benzene rings is 2. The van der Waals surface area contributed by atoms with Crippen molar-refractivity contribution in [2.45, 2.75) is 13.3 Å². The van der Waals surface area contributed by atoms with Crippen molar-refractivity contribution >= 4 is 29.1 Å². The van der Waals surface area contributed by atoms with Crippen molar-refractivity contribution in [3.8, 4) is 5.75 Å². The number of hydrogen-bond donors (Lipinski definition) is 1. The van der Waals surface area contributed by atoms with Crippen LogP contribution in [0.2, 0.25) is 5.02 Å². The highest BCUT2D eigenvalue weighted by Gasteiger charge is 2.23. The Kier molecular flexibility index (Phi) is 6.50. The van der Waals surface area contributed by atoms with Crippen molar-refractivity contribution < 1.29 is 9.53 Å². The highest BCUT2D eigenvalue weighted by molar-refractivity contribution is 6.31. The number of nitrogens with one attached hydrogen (secondary N) is 1. The number of carbonyl (C=O) groups excluding carboxylic acids is 1. The quantitative estimate of drug-likeness (QED) is 0.628. The summed E-state index contributed by atoms with van der Waals surface area (Å²) in [5.41, 5.74) is 2.50. The third kappa shape index (κ3) is 4.43. The van der Waals surface area contributed by atoms with Gasteiger partial charge in [0, 0.05) is 17.8 Å². The van der Waals surface area contributed by atoms with E-state index in [4.69, 9.17) is 16.3 Å². The minimum atomic E-state index is -0.279. The van der Waals surface area contributed by atoms with Crippen LogP contribution in [-0.2, 0) is 6.42 Å². The van der Waals surface area contributed by atoms with Gasteiger partial charge in [0.25, 0.3) is 0 Å². The zero-order chi connectivity index (χ0) is 19.9. The van der Waals surface area contributed by atoms with E-state index in [1.807, 2.05) is 67.6 Å². The molecular formula is C22H22ClN3O2. The second-order valence-electron chi connectivity index (χ2n) is 6.22. The van der Waals surface area contributed by atoms with Crippen molar-refractivity contribution in [3.63, 3.8) is 0 Å². The maximum absolute atomic E-state index is 13.1. The summed E-state index contributed by atoms with van der Waals surface area (Å²) in [6, 6.07) is 18.5. The van der Waals surface area contributed by atoms with Crippen molar-refractivity contribution in [3.05, 3.63) is 83.0 Å². The van der Waals surface area contributed by atoms with Gasteiger partial charge in [-0.25, -0.2) is 14.7 Å². The minimum Gasteiger partial charge on any atom is -0.495 e. The number of halogens is 1. The number of nitrogens with zero attached hydrogens (tertiary/aromatic N) is 2. The molecule has 0 aliphatic carbocycles. The van der Waals surface area contributed by atoms with Crippen molar-refractivity contribution in [1.29, 1.82) is 0 Å². The fraction of sp³-hybridized carbons (Fsp3) is 0.182. The van der Waals surface area contributed by atoms with Crippen LogP contribution in [0.4, 0.5) is 16.3 Å². The first kappa shape index (κ1) is 19.7. The van der Waals surface area contributed by atoms with Crippen LogP contribution in [0.25, 0.3) is 0 Å². The summed E-state index contributed by atoms with van der Waals surface area (Å²) >= 11 is 6.20.